The van der Waals surface area contributed by atoms with Crippen LogP contribution in [-0.4, -0.2) is 73.0 Å². The van der Waals surface area contributed by atoms with Crippen LogP contribution in [0.3, 0.4) is 0 Å². The van der Waals surface area contributed by atoms with Crippen molar-refractivity contribution in [1.29, 1.82) is 0 Å². The molecule has 0 N–H and O–H groups in total. The molecule has 4 saturated heterocycles. The Labute approximate surface area is 188 Å². The zero-order chi connectivity index (χ0) is 22.9. The number of ether oxygens (including phenoxy) is 2. The molecule has 4 heterocycles. The summed E-state index contributed by atoms with van der Waals surface area (Å²) in [5.74, 6) is 0. The highest BCUT2D eigenvalue weighted by Gasteiger charge is 2.47. The quantitative estimate of drug-likeness (QED) is 0.531. The number of rotatable bonds is 6. The van der Waals surface area contributed by atoms with E-state index in [0.29, 0.717) is 0 Å². The highest BCUT2D eigenvalue weighted by atomic mass is 19.1. The molecule has 180 valence electrons. The zero-order valence-electron chi connectivity index (χ0n) is 20.4. The Morgan fingerprint density at radius 3 is 1.81 bits per heavy atom. The Balaban J connectivity index is 0.000000204. The molecule has 2 unspecified atom stereocenters. The van der Waals surface area contributed by atoms with E-state index in [-0.39, 0.29) is 17.2 Å². The minimum Gasteiger partial charge on any atom is -0.380 e. The van der Waals surface area contributed by atoms with Crippen LogP contribution < -0.4 is 0 Å². The van der Waals surface area contributed by atoms with E-state index in [9.17, 15) is 8.78 Å². The summed E-state index contributed by atoms with van der Waals surface area (Å²) in [6, 6.07) is 0. The number of nitrogens with zero attached hydrogens (tertiary/aromatic N) is 2. The molecule has 4 aliphatic rings. The molecule has 0 aromatic rings. The van der Waals surface area contributed by atoms with Crippen LogP contribution >= 0.6 is 0 Å². The predicted octanol–water partition coefficient (Wildman–Crippen LogP) is 5.64. The maximum Gasteiger partial charge on any atom is 0.0872 e. The third-order valence-electron chi connectivity index (χ3n) is 6.95. The lowest BCUT2D eigenvalue weighted by Crippen LogP contribution is -2.43. The molecule has 4 aliphatic heterocycles. The SMILES string of the molecule is CC.CC(C)OCC12CCCN1C/C(=C/F)C2.CCOCC12CCCN1C/C(=C\F)C2. The fourth-order valence-corrected chi connectivity index (χ4v) is 5.52. The summed E-state index contributed by atoms with van der Waals surface area (Å²) >= 11 is 0. The summed E-state index contributed by atoms with van der Waals surface area (Å²) in [4.78, 5) is 4.77. The molecule has 6 heteroatoms. The van der Waals surface area contributed by atoms with Crippen LogP contribution in [0.4, 0.5) is 8.78 Å². The molecule has 4 rings (SSSR count). The van der Waals surface area contributed by atoms with Gasteiger partial charge in [0.1, 0.15) is 0 Å². The summed E-state index contributed by atoms with van der Waals surface area (Å²) < 4.78 is 36.3. The normalized spacial score (nSPS) is 32.8. The van der Waals surface area contributed by atoms with Crippen LogP contribution in [0, 0.1) is 0 Å². The van der Waals surface area contributed by atoms with E-state index in [1.807, 2.05) is 20.8 Å². The van der Waals surface area contributed by atoms with E-state index in [0.717, 1.165) is 95.5 Å². The van der Waals surface area contributed by atoms with Gasteiger partial charge in [-0.05, 0) is 83.5 Å². The molecule has 0 saturated carbocycles. The monoisotopic (exact) mass is 442 g/mol. The molecule has 0 bridgehead atoms. The van der Waals surface area contributed by atoms with E-state index < -0.39 is 0 Å². The second-order valence-corrected chi connectivity index (χ2v) is 9.38. The van der Waals surface area contributed by atoms with Gasteiger partial charge in [-0.3, -0.25) is 9.80 Å². The third kappa shape index (κ3) is 6.37. The molecule has 0 aliphatic carbocycles. The Bertz CT molecular complexity index is 610. The van der Waals surface area contributed by atoms with E-state index in [1.54, 1.807) is 0 Å². The van der Waals surface area contributed by atoms with Gasteiger partial charge in [0.2, 0.25) is 0 Å². The van der Waals surface area contributed by atoms with Crippen molar-refractivity contribution in [3.63, 3.8) is 0 Å². The molecule has 4 fully saturated rings. The molecule has 0 aromatic carbocycles. The van der Waals surface area contributed by atoms with Crippen molar-refractivity contribution >= 4 is 0 Å². The molecule has 0 spiro atoms. The lowest BCUT2D eigenvalue weighted by atomic mass is 9.94. The standard InChI is InChI=1S/C12H20FNO.C11H18FNO.C2H6/c1-10(2)15-9-12-4-3-5-14(12)8-11(6-12)7-13;1-2-14-9-11-4-3-5-13(11)8-10(6-11)7-12;1-2/h7,10H,3-6,8-9H2,1-2H3;7H,2-6,8-9H2,1H3;1-2H3/b11-7+;10-7-;. The summed E-state index contributed by atoms with van der Waals surface area (Å²) in [7, 11) is 0. The van der Waals surface area contributed by atoms with Gasteiger partial charge in [-0.25, -0.2) is 8.78 Å². The van der Waals surface area contributed by atoms with Crippen LogP contribution in [-0.2, 0) is 9.47 Å². The molecule has 0 aromatic heterocycles. The molecular formula is C25H44F2N2O2. The van der Waals surface area contributed by atoms with Crippen LogP contribution in [0.1, 0.15) is 73.1 Å². The largest absolute Gasteiger partial charge is 0.380 e. The van der Waals surface area contributed by atoms with Gasteiger partial charge in [-0.2, -0.15) is 0 Å². The van der Waals surface area contributed by atoms with Gasteiger partial charge in [0.05, 0.1) is 32.0 Å². The van der Waals surface area contributed by atoms with Crippen LogP contribution in [0.2, 0.25) is 0 Å². The van der Waals surface area contributed by atoms with Gasteiger partial charge in [-0.1, -0.05) is 13.8 Å². The average Bonchev–Trinajstić information content (AvgIpc) is 3.50. The summed E-state index contributed by atoms with van der Waals surface area (Å²) in [5, 5.41) is 0. The van der Waals surface area contributed by atoms with Crippen molar-refractivity contribution in [2.24, 2.45) is 0 Å². The molecule has 4 nitrogen and oxygen atoms in total. The summed E-state index contributed by atoms with van der Waals surface area (Å²) in [6.45, 7) is 16.2. The molecule has 0 radical (unpaired) electrons. The Kier molecular flexibility index (Phi) is 10.6. The van der Waals surface area contributed by atoms with Crippen molar-refractivity contribution in [3.8, 4) is 0 Å². The fraction of sp³-hybridized carbons (Fsp3) is 0.840. The van der Waals surface area contributed by atoms with Crippen molar-refractivity contribution in [2.45, 2.75) is 90.3 Å². The first kappa shape index (κ1) is 26.4. The second-order valence-electron chi connectivity index (χ2n) is 9.38. The van der Waals surface area contributed by atoms with Crippen LogP contribution in [0.25, 0.3) is 0 Å². The van der Waals surface area contributed by atoms with Crippen molar-refractivity contribution in [2.75, 3.05) is 46.0 Å². The minimum atomic E-state index is 0.113. The first-order valence-electron chi connectivity index (χ1n) is 12.2. The van der Waals surface area contributed by atoms with E-state index in [4.69, 9.17) is 9.47 Å². The first-order valence-corrected chi connectivity index (χ1v) is 12.2. The van der Waals surface area contributed by atoms with Gasteiger partial charge >= 0.3 is 0 Å². The van der Waals surface area contributed by atoms with Crippen molar-refractivity contribution < 1.29 is 18.3 Å². The number of fused-ring (bicyclic) bond motifs is 2. The Morgan fingerprint density at radius 2 is 1.39 bits per heavy atom. The highest BCUT2D eigenvalue weighted by molar-refractivity contribution is 5.20. The molecule has 31 heavy (non-hydrogen) atoms. The molecule has 2 atom stereocenters. The van der Waals surface area contributed by atoms with E-state index >= 15 is 0 Å². The fourth-order valence-electron chi connectivity index (χ4n) is 5.52. The summed E-state index contributed by atoms with van der Waals surface area (Å²) in [5.41, 5.74) is 2.11. The van der Waals surface area contributed by atoms with Gasteiger partial charge in [0.15, 0.2) is 0 Å². The Morgan fingerprint density at radius 1 is 0.903 bits per heavy atom. The van der Waals surface area contributed by atoms with Crippen molar-refractivity contribution in [1.82, 2.24) is 9.80 Å². The lowest BCUT2D eigenvalue weighted by molar-refractivity contribution is 0.00328. The van der Waals surface area contributed by atoms with Crippen LogP contribution in [0.15, 0.2) is 23.8 Å². The van der Waals surface area contributed by atoms with Crippen molar-refractivity contribution in [3.05, 3.63) is 23.8 Å². The maximum absolute atomic E-state index is 12.5. The molecular weight excluding hydrogens is 398 g/mol. The Hall–Kier alpha value is -0.820. The zero-order valence-corrected chi connectivity index (χ0v) is 20.4. The van der Waals surface area contributed by atoms with Crippen LogP contribution in [0.5, 0.6) is 0 Å². The smallest absolute Gasteiger partial charge is 0.0872 e. The predicted molar refractivity (Wildman–Crippen MR) is 124 cm³/mol. The second kappa shape index (κ2) is 12.4. The number of hydrogen-bond donors (Lipinski definition) is 0. The first-order chi connectivity index (χ1) is 15.0. The van der Waals surface area contributed by atoms with Gasteiger partial charge in [-0.15, -0.1) is 0 Å². The van der Waals surface area contributed by atoms with Gasteiger partial charge in [0, 0.05) is 30.8 Å². The lowest BCUT2D eigenvalue weighted by Gasteiger charge is -2.32. The minimum absolute atomic E-state index is 0.113. The third-order valence-corrected chi connectivity index (χ3v) is 6.95. The van der Waals surface area contributed by atoms with Gasteiger partial charge in [0.25, 0.3) is 0 Å². The van der Waals surface area contributed by atoms with Gasteiger partial charge < -0.3 is 9.47 Å². The summed E-state index contributed by atoms with van der Waals surface area (Å²) in [6.07, 6.45) is 8.32. The van der Waals surface area contributed by atoms with E-state index in [1.165, 1.54) is 12.8 Å². The average molecular weight is 443 g/mol. The maximum atomic E-state index is 12.5. The van der Waals surface area contributed by atoms with E-state index in [2.05, 4.69) is 23.6 Å². The highest BCUT2D eigenvalue weighted by Crippen LogP contribution is 2.42. The topological polar surface area (TPSA) is 24.9 Å². The number of halogens is 2. The number of hydrogen-bond acceptors (Lipinski definition) is 4. The molecule has 0 amide bonds.